The lowest BCUT2D eigenvalue weighted by molar-refractivity contribution is 0.102. The van der Waals surface area contributed by atoms with E-state index in [1.54, 1.807) is 25.5 Å². The van der Waals surface area contributed by atoms with E-state index >= 15 is 0 Å². The number of hydrogen-bond donors (Lipinski definition) is 2. The van der Waals surface area contributed by atoms with Crippen molar-refractivity contribution in [1.82, 2.24) is 19.9 Å². The summed E-state index contributed by atoms with van der Waals surface area (Å²) in [4.78, 5) is 27.4. The monoisotopic (exact) mass is 230 g/mol. The molecule has 0 aliphatic rings. The van der Waals surface area contributed by atoms with Crippen molar-refractivity contribution < 1.29 is 4.79 Å². The standard InChI is InChI=1S/C10H10N6O/c1-11-8-6-14-7(5-15-8)9(17)16-10-12-3-2-4-13-10/h2-6H,1H3,(H,11,15)(H,12,13,16,17). The maximum Gasteiger partial charge on any atom is 0.278 e. The molecule has 7 heteroatoms. The molecule has 0 unspecified atom stereocenters. The van der Waals surface area contributed by atoms with Gasteiger partial charge in [-0.3, -0.25) is 10.1 Å². The quantitative estimate of drug-likeness (QED) is 0.800. The number of amides is 1. The van der Waals surface area contributed by atoms with Crippen LogP contribution < -0.4 is 10.6 Å². The van der Waals surface area contributed by atoms with Crippen LogP contribution >= 0.6 is 0 Å². The van der Waals surface area contributed by atoms with Crippen LogP contribution in [-0.4, -0.2) is 32.9 Å². The van der Waals surface area contributed by atoms with Gasteiger partial charge in [-0.05, 0) is 6.07 Å². The molecule has 2 rings (SSSR count). The second-order valence-corrected chi connectivity index (χ2v) is 3.06. The van der Waals surface area contributed by atoms with Gasteiger partial charge >= 0.3 is 0 Å². The zero-order valence-electron chi connectivity index (χ0n) is 9.08. The maximum atomic E-state index is 11.7. The van der Waals surface area contributed by atoms with Crippen LogP contribution in [-0.2, 0) is 0 Å². The SMILES string of the molecule is CNc1cnc(C(=O)Nc2ncccn2)cn1. The van der Waals surface area contributed by atoms with Crippen molar-refractivity contribution in [3.8, 4) is 0 Å². The second-order valence-electron chi connectivity index (χ2n) is 3.06. The van der Waals surface area contributed by atoms with E-state index in [0.29, 0.717) is 5.82 Å². The molecule has 0 aromatic carbocycles. The van der Waals surface area contributed by atoms with E-state index in [9.17, 15) is 4.79 Å². The molecule has 86 valence electrons. The molecule has 2 aromatic heterocycles. The average Bonchev–Trinajstić information content (AvgIpc) is 2.40. The van der Waals surface area contributed by atoms with E-state index in [1.807, 2.05) is 0 Å². The van der Waals surface area contributed by atoms with Gasteiger partial charge in [0.05, 0.1) is 12.4 Å². The molecule has 0 aliphatic heterocycles. The largest absolute Gasteiger partial charge is 0.372 e. The van der Waals surface area contributed by atoms with Gasteiger partial charge in [-0.15, -0.1) is 0 Å². The van der Waals surface area contributed by atoms with Crippen LogP contribution in [0.3, 0.4) is 0 Å². The van der Waals surface area contributed by atoms with Crippen molar-refractivity contribution in [3.63, 3.8) is 0 Å². The van der Waals surface area contributed by atoms with E-state index < -0.39 is 5.91 Å². The molecule has 0 fully saturated rings. The van der Waals surface area contributed by atoms with Gasteiger partial charge < -0.3 is 5.32 Å². The Bertz CT molecular complexity index is 498. The molecule has 2 N–H and O–H groups in total. The van der Waals surface area contributed by atoms with Gasteiger partial charge in [-0.25, -0.2) is 19.9 Å². The van der Waals surface area contributed by atoms with E-state index in [4.69, 9.17) is 0 Å². The van der Waals surface area contributed by atoms with Crippen molar-refractivity contribution in [2.24, 2.45) is 0 Å². The summed E-state index contributed by atoms with van der Waals surface area (Å²) in [5, 5.41) is 5.32. The first-order valence-electron chi connectivity index (χ1n) is 4.88. The van der Waals surface area contributed by atoms with Crippen molar-refractivity contribution in [2.75, 3.05) is 17.7 Å². The number of carbonyl (C=O) groups excluding carboxylic acids is 1. The van der Waals surface area contributed by atoms with Crippen molar-refractivity contribution >= 4 is 17.7 Å². The number of rotatable bonds is 3. The summed E-state index contributed by atoms with van der Waals surface area (Å²) in [5.41, 5.74) is 0.205. The van der Waals surface area contributed by atoms with Gasteiger partial charge in [-0.2, -0.15) is 0 Å². The minimum atomic E-state index is -0.397. The Balaban J connectivity index is 2.09. The van der Waals surface area contributed by atoms with Crippen molar-refractivity contribution in [2.45, 2.75) is 0 Å². The molecule has 17 heavy (non-hydrogen) atoms. The molecule has 0 atom stereocenters. The van der Waals surface area contributed by atoms with Gasteiger partial charge in [0.15, 0.2) is 0 Å². The Kier molecular flexibility index (Phi) is 3.20. The Labute approximate surface area is 97.4 Å². The zero-order valence-corrected chi connectivity index (χ0v) is 9.08. The molecule has 7 nitrogen and oxygen atoms in total. The van der Waals surface area contributed by atoms with Crippen LogP contribution in [0.1, 0.15) is 10.5 Å². The third-order valence-electron chi connectivity index (χ3n) is 1.93. The van der Waals surface area contributed by atoms with Crippen LogP contribution in [0.15, 0.2) is 30.9 Å². The second kappa shape index (κ2) is 4.97. The number of carbonyl (C=O) groups is 1. The van der Waals surface area contributed by atoms with Crippen molar-refractivity contribution in [1.29, 1.82) is 0 Å². The van der Waals surface area contributed by atoms with Gasteiger partial charge in [-0.1, -0.05) is 0 Å². The molecule has 0 bridgehead atoms. The molecule has 0 spiro atoms. The predicted molar refractivity (Wildman–Crippen MR) is 61.6 cm³/mol. The summed E-state index contributed by atoms with van der Waals surface area (Å²) < 4.78 is 0. The highest BCUT2D eigenvalue weighted by Crippen LogP contribution is 2.02. The Morgan fingerprint density at radius 3 is 2.47 bits per heavy atom. The minimum Gasteiger partial charge on any atom is -0.372 e. The predicted octanol–water partition coefficient (Wildman–Crippen LogP) is 0.561. The lowest BCUT2D eigenvalue weighted by atomic mass is 10.4. The van der Waals surface area contributed by atoms with Crippen LogP contribution in [0.4, 0.5) is 11.8 Å². The fourth-order valence-corrected chi connectivity index (χ4v) is 1.10. The number of nitrogens with one attached hydrogen (secondary N) is 2. The maximum absolute atomic E-state index is 11.7. The lowest BCUT2D eigenvalue weighted by Crippen LogP contribution is -2.15. The van der Waals surface area contributed by atoms with Crippen LogP contribution in [0.2, 0.25) is 0 Å². The molecular formula is C10H10N6O. The summed E-state index contributed by atoms with van der Waals surface area (Å²) in [6.07, 6.45) is 5.93. The van der Waals surface area contributed by atoms with E-state index in [2.05, 4.69) is 30.6 Å². The Morgan fingerprint density at radius 1 is 1.12 bits per heavy atom. The van der Waals surface area contributed by atoms with E-state index in [1.165, 1.54) is 12.4 Å². The Morgan fingerprint density at radius 2 is 1.88 bits per heavy atom. The molecular weight excluding hydrogens is 220 g/mol. The topological polar surface area (TPSA) is 92.7 Å². The number of hydrogen-bond acceptors (Lipinski definition) is 6. The average molecular weight is 230 g/mol. The smallest absolute Gasteiger partial charge is 0.278 e. The molecule has 2 heterocycles. The number of anilines is 2. The number of nitrogens with zero attached hydrogens (tertiary/aromatic N) is 4. The van der Waals surface area contributed by atoms with Crippen LogP contribution in [0.5, 0.6) is 0 Å². The van der Waals surface area contributed by atoms with Crippen LogP contribution in [0, 0.1) is 0 Å². The minimum absolute atomic E-state index is 0.205. The third kappa shape index (κ3) is 2.71. The molecule has 0 radical (unpaired) electrons. The highest BCUT2D eigenvalue weighted by molar-refractivity contribution is 6.01. The molecule has 2 aromatic rings. The van der Waals surface area contributed by atoms with Gasteiger partial charge in [0.25, 0.3) is 5.91 Å². The first-order valence-corrected chi connectivity index (χ1v) is 4.88. The van der Waals surface area contributed by atoms with E-state index in [0.717, 1.165) is 0 Å². The highest BCUT2D eigenvalue weighted by atomic mass is 16.2. The van der Waals surface area contributed by atoms with Gasteiger partial charge in [0.2, 0.25) is 5.95 Å². The summed E-state index contributed by atoms with van der Waals surface area (Å²) in [6, 6.07) is 1.66. The molecule has 0 aliphatic carbocycles. The summed E-state index contributed by atoms with van der Waals surface area (Å²) in [6.45, 7) is 0. The molecule has 0 saturated heterocycles. The fourth-order valence-electron chi connectivity index (χ4n) is 1.10. The lowest BCUT2D eigenvalue weighted by Gasteiger charge is -2.02. The highest BCUT2D eigenvalue weighted by Gasteiger charge is 2.09. The first kappa shape index (κ1) is 10.9. The zero-order chi connectivity index (χ0) is 12.1. The van der Waals surface area contributed by atoms with E-state index in [-0.39, 0.29) is 11.6 Å². The number of aromatic nitrogens is 4. The first-order chi connectivity index (χ1) is 8.29. The van der Waals surface area contributed by atoms with Crippen LogP contribution in [0.25, 0.3) is 0 Å². The summed E-state index contributed by atoms with van der Waals surface area (Å²) in [7, 11) is 1.72. The van der Waals surface area contributed by atoms with Crippen molar-refractivity contribution in [3.05, 3.63) is 36.5 Å². The fraction of sp³-hybridized carbons (Fsp3) is 0.100. The molecule has 0 saturated carbocycles. The Hall–Kier alpha value is -2.57. The third-order valence-corrected chi connectivity index (χ3v) is 1.93. The summed E-state index contributed by atoms with van der Waals surface area (Å²) >= 11 is 0. The summed E-state index contributed by atoms with van der Waals surface area (Å²) in [5.74, 6) is 0.431. The van der Waals surface area contributed by atoms with Gasteiger partial charge in [0.1, 0.15) is 11.5 Å². The van der Waals surface area contributed by atoms with Gasteiger partial charge in [0, 0.05) is 19.4 Å². The molecule has 1 amide bonds. The normalized spacial score (nSPS) is 9.71.